The van der Waals surface area contributed by atoms with Gasteiger partial charge in [0.05, 0.1) is 18.3 Å². The summed E-state index contributed by atoms with van der Waals surface area (Å²) < 4.78 is 61.5. The number of nitrogens with zero attached hydrogens (tertiary/aromatic N) is 1. The molecule has 0 unspecified atom stereocenters. The Balaban J connectivity index is 1.25. The first-order chi connectivity index (χ1) is 18.6. The van der Waals surface area contributed by atoms with Crippen LogP contribution in [0.4, 0.5) is 13.6 Å². The number of benzene rings is 2. The molecule has 3 aliphatic rings. The average Bonchev–Trinajstić information content (AvgIpc) is 3.18. The number of ether oxygens (including phenoxy) is 1. The summed E-state index contributed by atoms with van der Waals surface area (Å²) in [7, 11) is -3.84. The number of piperidine rings is 1. The Labute approximate surface area is 227 Å². The molecule has 2 fully saturated rings. The van der Waals surface area contributed by atoms with Crippen molar-refractivity contribution in [1.82, 2.24) is 14.9 Å². The molecule has 210 valence electrons. The van der Waals surface area contributed by atoms with Crippen molar-refractivity contribution in [3.05, 3.63) is 59.7 Å². The predicted octanol–water partition coefficient (Wildman–Crippen LogP) is 4.01. The number of carbonyl (C=O) groups excluding carboxylic acids is 2. The van der Waals surface area contributed by atoms with Crippen molar-refractivity contribution >= 4 is 22.0 Å². The predicted molar refractivity (Wildman–Crippen MR) is 142 cm³/mol. The van der Waals surface area contributed by atoms with Gasteiger partial charge in [0.1, 0.15) is 6.61 Å². The van der Waals surface area contributed by atoms with E-state index in [1.807, 2.05) is 48.5 Å². The van der Waals surface area contributed by atoms with Gasteiger partial charge in [-0.15, -0.1) is 0 Å². The lowest BCUT2D eigenvalue weighted by Gasteiger charge is -2.33. The molecule has 39 heavy (non-hydrogen) atoms. The van der Waals surface area contributed by atoms with Crippen LogP contribution in [-0.4, -0.2) is 68.8 Å². The topological polar surface area (TPSA) is 105 Å². The summed E-state index contributed by atoms with van der Waals surface area (Å²) in [5.74, 6) is -4.36. The smallest absolute Gasteiger partial charge is 0.407 e. The van der Waals surface area contributed by atoms with Gasteiger partial charge in [-0.25, -0.2) is 26.7 Å². The number of hydrogen-bond donors (Lipinski definition) is 2. The molecule has 2 N–H and O–H groups in total. The first-order valence-electron chi connectivity index (χ1n) is 13.4. The molecule has 2 amide bonds. The number of hydrogen-bond acceptors (Lipinski definition) is 5. The van der Waals surface area contributed by atoms with Crippen LogP contribution in [0.2, 0.25) is 0 Å². The number of sulfonamides is 1. The third kappa shape index (κ3) is 6.58. The van der Waals surface area contributed by atoms with Gasteiger partial charge < -0.3 is 15.0 Å². The highest BCUT2D eigenvalue weighted by atomic mass is 32.2. The number of alkyl halides is 2. The molecule has 1 atom stereocenters. The highest BCUT2D eigenvalue weighted by molar-refractivity contribution is 7.89. The van der Waals surface area contributed by atoms with E-state index >= 15 is 0 Å². The number of amides is 2. The molecule has 0 radical (unpaired) electrons. The first kappa shape index (κ1) is 27.5. The van der Waals surface area contributed by atoms with E-state index in [0.717, 1.165) is 46.4 Å². The van der Waals surface area contributed by atoms with Crippen LogP contribution in [-0.2, 0) is 19.6 Å². The minimum absolute atomic E-state index is 0.0198. The number of likely N-dealkylation sites (tertiary alicyclic amines) is 1. The van der Waals surface area contributed by atoms with Crippen molar-refractivity contribution in [3.63, 3.8) is 0 Å². The van der Waals surface area contributed by atoms with Crippen molar-refractivity contribution in [3.8, 4) is 11.1 Å². The van der Waals surface area contributed by atoms with Crippen molar-refractivity contribution in [2.45, 2.75) is 62.4 Å². The molecule has 0 aromatic heterocycles. The molecular formula is C28H33F2N3O5S. The number of carbonyl (C=O) groups is 2. The fourth-order valence-corrected chi connectivity index (χ4v) is 7.14. The van der Waals surface area contributed by atoms with Gasteiger partial charge in [0.2, 0.25) is 15.9 Å². The maximum absolute atomic E-state index is 13.9. The lowest BCUT2D eigenvalue weighted by Crippen LogP contribution is -2.51. The largest absolute Gasteiger partial charge is 0.449 e. The van der Waals surface area contributed by atoms with E-state index in [0.29, 0.717) is 0 Å². The van der Waals surface area contributed by atoms with E-state index in [4.69, 9.17) is 4.74 Å². The van der Waals surface area contributed by atoms with E-state index in [1.165, 1.54) is 0 Å². The Morgan fingerprint density at radius 1 is 1.03 bits per heavy atom. The van der Waals surface area contributed by atoms with E-state index in [9.17, 15) is 26.8 Å². The lowest BCUT2D eigenvalue weighted by molar-refractivity contribution is -0.142. The third-order valence-corrected chi connectivity index (χ3v) is 9.24. The van der Waals surface area contributed by atoms with Crippen LogP contribution >= 0.6 is 0 Å². The molecular weight excluding hydrogens is 528 g/mol. The Hall–Kier alpha value is -3.05. The van der Waals surface area contributed by atoms with Crippen molar-refractivity contribution in [1.29, 1.82) is 0 Å². The first-order valence-corrected chi connectivity index (χ1v) is 15.0. The minimum Gasteiger partial charge on any atom is -0.449 e. The zero-order chi connectivity index (χ0) is 27.6. The summed E-state index contributed by atoms with van der Waals surface area (Å²) in [5.41, 5.74) is 4.18. The number of nitrogens with one attached hydrogen (secondary N) is 2. The van der Waals surface area contributed by atoms with E-state index in [-0.39, 0.29) is 38.0 Å². The molecule has 1 saturated heterocycles. The third-order valence-electron chi connectivity index (χ3n) is 7.70. The van der Waals surface area contributed by atoms with Crippen LogP contribution in [0.15, 0.2) is 48.5 Å². The maximum Gasteiger partial charge on any atom is 0.407 e. The summed E-state index contributed by atoms with van der Waals surface area (Å²) in [6.07, 6.45) is 0.958. The molecule has 0 bridgehead atoms. The van der Waals surface area contributed by atoms with Crippen LogP contribution in [0.3, 0.4) is 0 Å². The van der Waals surface area contributed by atoms with Crippen molar-refractivity contribution < 1.29 is 31.5 Å². The Kier molecular flexibility index (Phi) is 7.91. The fourth-order valence-electron chi connectivity index (χ4n) is 5.57. The molecule has 11 heteroatoms. The van der Waals surface area contributed by atoms with Gasteiger partial charge in [-0.2, -0.15) is 0 Å². The zero-order valence-electron chi connectivity index (χ0n) is 21.6. The van der Waals surface area contributed by atoms with Gasteiger partial charge in [-0.05, 0) is 41.5 Å². The summed E-state index contributed by atoms with van der Waals surface area (Å²) in [5, 5.41) is 2.53. The molecule has 5 rings (SSSR count). The fraction of sp³-hybridized carbons (Fsp3) is 0.500. The van der Waals surface area contributed by atoms with Gasteiger partial charge in [-0.3, -0.25) is 4.79 Å². The van der Waals surface area contributed by atoms with Crippen LogP contribution in [0.25, 0.3) is 11.1 Å². The maximum atomic E-state index is 13.9. The Bertz CT molecular complexity index is 1290. The molecule has 1 heterocycles. The van der Waals surface area contributed by atoms with Gasteiger partial charge in [-0.1, -0.05) is 55.0 Å². The highest BCUT2D eigenvalue weighted by Gasteiger charge is 2.38. The highest BCUT2D eigenvalue weighted by Crippen LogP contribution is 2.44. The van der Waals surface area contributed by atoms with Crippen LogP contribution in [0.1, 0.15) is 55.6 Å². The van der Waals surface area contributed by atoms with E-state index in [2.05, 4.69) is 10.0 Å². The SMILES string of the molecule is O=C(N[C@@H](CC(=O)N1CCCC(F)(F)C1)CS(=O)(=O)NC1CCC1)OCC1c2ccccc2-c2ccccc21. The van der Waals surface area contributed by atoms with Crippen LogP contribution in [0.5, 0.6) is 0 Å². The summed E-state index contributed by atoms with van der Waals surface area (Å²) >= 11 is 0. The summed E-state index contributed by atoms with van der Waals surface area (Å²) in [6.45, 7) is -0.526. The van der Waals surface area contributed by atoms with Gasteiger partial charge in [0.25, 0.3) is 5.92 Å². The number of alkyl carbamates (subject to hydrolysis) is 1. The molecule has 2 aliphatic carbocycles. The second kappa shape index (κ2) is 11.2. The van der Waals surface area contributed by atoms with Crippen molar-refractivity contribution in [2.75, 3.05) is 25.4 Å². The van der Waals surface area contributed by atoms with Gasteiger partial charge in [0.15, 0.2) is 0 Å². The number of rotatable bonds is 9. The second-order valence-corrected chi connectivity index (χ2v) is 12.5. The summed E-state index contributed by atoms with van der Waals surface area (Å²) in [4.78, 5) is 26.8. The lowest BCUT2D eigenvalue weighted by atomic mass is 9.94. The molecule has 1 saturated carbocycles. The molecule has 2 aromatic carbocycles. The molecule has 1 aliphatic heterocycles. The minimum atomic E-state index is -3.84. The monoisotopic (exact) mass is 561 g/mol. The second-order valence-electron chi connectivity index (χ2n) is 10.7. The molecule has 0 spiro atoms. The van der Waals surface area contributed by atoms with Crippen LogP contribution in [0, 0.1) is 0 Å². The standard InChI is InChI=1S/C28H33F2N3O5S/c29-28(30)13-6-14-33(18-28)26(34)15-20(17-39(36,37)32-19-7-5-8-19)31-27(35)38-16-25-23-11-3-1-9-21(23)22-10-2-4-12-24(22)25/h1-4,9-12,19-20,25,32H,5-8,13-18H2,(H,31,35)/t20-/m0/s1. The average molecular weight is 562 g/mol. The normalized spacial score (nSPS) is 19.5. The summed E-state index contributed by atoms with van der Waals surface area (Å²) in [6, 6.07) is 14.4. The Morgan fingerprint density at radius 2 is 1.67 bits per heavy atom. The zero-order valence-corrected chi connectivity index (χ0v) is 22.4. The molecule has 8 nitrogen and oxygen atoms in total. The quantitative estimate of drug-likeness (QED) is 0.482. The van der Waals surface area contributed by atoms with E-state index < -0.39 is 52.7 Å². The Morgan fingerprint density at radius 3 is 2.26 bits per heavy atom. The van der Waals surface area contributed by atoms with Gasteiger partial charge >= 0.3 is 6.09 Å². The van der Waals surface area contributed by atoms with Gasteiger partial charge in [0, 0.05) is 31.3 Å². The number of halogens is 2. The molecule has 2 aromatic rings. The van der Waals surface area contributed by atoms with E-state index in [1.54, 1.807) is 0 Å². The van der Waals surface area contributed by atoms with Crippen LogP contribution < -0.4 is 10.0 Å². The van der Waals surface area contributed by atoms with Crippen molar-refractivity contribution in [2.24, 2.45) is 0 Å². The number of fused-ring (bicyclic) bond motifs is 3.